The minimum Gasteiger partial charge on any atom is -0.508 e. The number of carboxylic acids is 2. The first-order valence-corrected chi connectivity index (χ1v) is 18.4. The highest BCUT2D eigenvalue weighted by atomic mass is 33.1. The minimum atomic E-state index is -1.62. The van der Waals surface area contributed by atoms with Crippen molar-refractivity contribution in [2.24, 2.45) is 22.2 Å². The Morgan fingerprint density at radius 2 is 1.69 bits per heavy atom. The van der Waals surface area contributed by atoms with Gasteiger partial charge in [0.2, 0.25) is 29.5 Å². The van der Waals surface area contributed by atoms with Crippen molar-refractivity contribution >= 4 is 69.0 Å². The van der Waals surface area contributed by atoms with Crippen molar-refractivity contribution in [2.45, 2.75) is 74.8 Å². The average Bonchev–Trinajstić information content (AvgIpc) is 3.56. The quantitative estimate of drug-likeness (QED) is 0.0421. The maximum Gasteiger partial charge on any atom is 0.327 e. The van der Waals surface area contributed by atoms with Gasteiger partial charge in [-0.25, -0.2) is 4.79 Å². The van der Waals surface area contributed by atoms with Crippen LogP contribution in [0, 0.1) is 0 Å². The molecule has 5 amide bonds. The molecule has 0 unspecified atom stereocenters. The van der Waals surface area contributed by atoms with Gasteiger partial charge in [-0.2, -0.15) is 0 Å². The molecule has 0 radical (unpaired) electrons. The monoisotopic (exact) mass is 753 g/mol. The summed E-state index contributed by atoms with van der Waals surface area (Å²) in [7, 11) is 2.00. The van der Waals surface area contributed by atoms with Gasteiger partial charge in [0.1, 0.15) is 36.0 Å². The number of carbonyl (C=O) groups excluding carboxylic acids is 5. The zero-order chi connectivity index (χ0) is 37.7. The van der Waals surface area contributed by atoms with Gasteiger partial charge in [-0.3, -0.25) is 33.8 Å². The summed E-state index contributed by atoms with van der Waals surface area (Å²) in [5.74, 6) is -7.20. The molecule has 0 bridgehead atoms. The number of aliphatic imine (C=N–C) groups is 1. The Labute approximate surface area is 300 Å². The fourth-order valence-corrected chi connectivity index (χ4v) is 7.63. The van der Waals surface area contributed by atoms with E-state index in [1.54, 1.807) is 12.1 Å². The van der Waals surface area contributed by atoms with Crippen LogP contribution in [0.15, 0.2) is 29.3 Å². The van der Waals surface area contributed by atoms with Gasteiger partial charge in [0, 0.05) is 24.6 Å². The highest BCUT2D eigenvalue weighted by Gasteiger charge is 2.40. The Hall–Kier alpha value is -4.76. The van der Waals surface area contributed by atoms with Crippen molar-refractivity contribution in [1.29, 1.82) is 0 Å². The molecule has 0 aliphatic carbocycles. The standard InChI is InChI=1S/C30H43N9O10S2/c31-17(11-15-5-7-16(40)8-6-15)24(43)35-18(3-1-9-34-30(32)33)25(44)37-20-13-50-51-14-21(29(48)49)38-27(46)22-4-2-10-39(22)28(47)19(12-23(41)42)36-26(20)45/h5-8,17-22,40H,1-4,9-14,31H2,(H,35,43)(H,36,45)(H,37,44)(H,38,46)(H,41,42)(H,48,49)(H4,32,33,34)/t17-,18-,19-,20-,21-,22-/m0/s1. The molecule has 2 aliphatic heterocycles. The molecule has 3 rings (SSSR count). The fraction of sp³-hybridized carbons (Fsp3) is 0.533. The van der Waals surface area contributed by atoms with Crippen molar-refractivity contribution in [1.82, 2.24) is 26.2 Å². The molecule has 2 heterocycles. The molecule has 2 aliphatic rings. The molecule has 21 heteroatoms. The molecule has 1 aromatic rings. The van der Waals surface area contributed by atoms with E-state index in [9.17, 15) is 48.9 Å². The van der Waals surface area contributed by atoms with Crippen molar-refractivity contribution < 1.29 is 48.9 Å². The van der Waals surface area contributed by atoms with E-state index >= 15 is 0 Å². The molecule has 280 valence electrons. The lowest BCUT2D eigenvalue weighted by atomic mass is 10.0. The summed E-state index contributed by atoms with van der Waals surface area (Å²) in [5, 5.41) is 38.8. The Morgan fingerprint density at radius 1 is 1.00 bits per heavy atom. The number of carboxylic acid groups (broad SMARTS) is 2. The van der Waals surface area contributed by atoms with Gasteiger partial charge in [-0.05, 0) is 49.8 Å². The molecule has 19 nitrogen and oxygen atoms in total. The number of nitrogens with one attached hydrogen (secondary N) is 4. The maximum atomic E-state index is 13.7. The van der Waals surface area contributed by atoms with E-state index in [0.29, 0.717) is 12.0 Å². The SMILES string of the molecule is NC(N)=NCCC[C@H](NC(=O)[C@@H](N)Cc1ccc(O)cc1)C(=O)N[C@H]1CSSC[C@@H](C(=O)O)NC(=O)[C@@H]2CCCN2C(=O)[C@H](CC(=O)O)NC1=O. The van der Waals surface area contributed by atoms with E-state index in [2.05, 4.69) is 26.3 Å². The molecular weight excluding hydrogens is 711 g/mol. The number of phenolic OH excluding ortho intramolecular Hbond substituents is 1. The number of amides is 5. The normalized spacial score (nSPS) is 22.6. The Balaban J connectivity index is 1.85. The van der Waals surface area contributed by atoms with Crippen molar-refractivity contribution in [2.75, 3.05) is 24.6 Å². The lowest BCUT2D eigenvalue weighted by molar-refractivity contribution is -0.147. The molecule has 1 aromatic carbocycles. The molecule has 51 heavy (non-hydrogen) atoms. The molecule has 0 spiro atoms. The van der Waals surface area contributed by atoms with Crippen LogP contribution in [0.4, 0.5) is 0 Å². The van der Waals surface area contributed by atoms with Gasteiger partial charge in [0.15, 0.2) is 5.96 Å². The zero-order valence-electron chi connectivity index (χ0n) is 27.5. The van der Waals surface area contributed by atoms with Crippen LogP contribution in [-0.2, 0) is 40.0 Å². The smallest absolute Gasteiger partial charge is 0.327 e. The summed E-state index contributed by atoms with van der Waals surface area (Å²) in [6.45, 7) is 0.178. The second kappa shape index (κ2) is 19.6. The van der Waals surface area contributed by atoms with Crippen LogP contribution >= 0.6 is 21.6 Å². The van der Waals surface area contributed by atoms with Crippen LogP contribution in [0.25, 0.3) is 0 Å². The van der Waals surface area contributed by atoms with Gasteiger partial charge < -0.3 is 58.7 Å². The predicted molar refractivity (Wildman–Crippen MR) is 187 cm³/mol. The predicted octanol–water partition coefficient (Wildman–Crippen LogP) is -2.80. The summed E-state index contributed by atoms with van der Waals surface area (Å²) in [5.41, 5.74) is 17.6. The highest BCUT2D eigenvalue weighted by Crippen LogP contribution is 2.25. The molecule has 2 fully saturated rings. The summed E-state index contributed by atoms with van der Waals surface area (Å²) in [6, 6.07) is -1.74. The van der Waals surface area contributed by atoms with Crippen molar-refractivity contribution in [3.63, 3.8) is 0 Å². The van der Waals surface area contributed by atoms with Crippen molar-refractivity contribution in [3.8, 4) is 5.75 Å². The minimum absolute atomic E-state index is 0.00692. The lowest BCUT2D eigenvalue weighted by Gasteiger charge is -2.30. The van der Waals surface area contributed by atoms with Gasteiger partial charge in [-0.1, -0.05) is 33.7 Å². The first-order chi connectivity index (χ1) is 24.2. The number of nitrogens with two attached hydrogens (primary N) is 3. The number of hydrogen-bond acceptors (Lipinski definition) is 12. The van der Waals surface area contributed by atoms with E-state index in [1.807, 2.05) is 0 Å². The third kappa shape index (κ3) is 12.8. The average molecular weight is 754 g/mol. The Bertz CT molecular complexity index is 1480. The third-order valence-electron chi connectivity index (χ3n) is 7.94. The van der Waals surface area contributed by atoms with Crippen LogP contribution in [0.3, 0.4) is 0 Å². The van der Waals surface area contributed by atoms with E-state index in [0.717, 1.165) is 26.5 Å². The largest absolute Gasteiger partial charge is 0.508 e. The number of nitrogens with zero attached hydrogens (tertiary/aromatic N) is 2. The van der Waals surface area contributed by atoms with E-state index in [4.69, 9.17) is 17.2 Å². The van der Waals surface area contributed by atoms with Crippen LogP contribution in [0.2, 0.25) is 0 Å². The van der Waals surface area contributed by atoms with Crippen molar-refractivity contribution in [3.05, 3.63) is 29.8 Å². The number of fused-ring (bicyclic) bond motifs is 1. The van der Waals surface area contributed by atoms with Gasteiger partial charge >= 0.3 is 11.9 Å². The maximum absolute atomic E-state index is 13.7. The molecule has 2 saturated heterocycles. The van der Waals surface area contributed by atoms with Crippen LogP contribution < -0.4 is 38.5 Å². The van der Waals surface area contributed by atoms with Gasteiger partial charge in [-0.15, -0.1) is 0 Å². The number of rotatable bonds is 13. The first kappa shape index (κ1) is 40.7. The van der Waals surface area contributed by atoms with E-state index in [-0.39, 0.29) is 62.0 Å². The second-order valence-corrected chi connectivity index (χ2v) is 14.4. The summed E-state index contributed by atoms with van der Waals surface area (Å²) in [6.07, 6.45) is 0.0487. The summed E-state index contributed by atoms with van der Waals surface area (Å²) < 4.78 is 0. The summed E-state index contributed by atoms with van der Waals surface area (Å²) in [4.78, 5) is 95.7. The topological polar surface area (TPSA) is 322 Å². The van der Waals surface area contributed by atoms with E-state index in [1.165, 1.54) is 12.1 Å². The number of aliphatic carboxylic acids is 2. The van der Waals surface area contributed by atoms with Gasteiger partial charge in [0.05, 0.1) is 12.5 Å². The lowest BCUT2D eigenvalue weighted by Crippen LogP contribution is -2.60. The first-order valence-electron chi connectivity index (χ1n) is 16.0. The number of hydrogen-bond donors (Lipinski definition) is 10. The number of carbonyl (C=O) groups is 7. The number of aromatic hydroxyl groups is 1. The Kier molecular flexibility index (Phi) is 15.6. The Morgan fingerprint density at radius 3 is 2.33 bits per heavy atom. The highest BCUT2D eigenvalue weighted by molar-refractivity contribution is 8.76. The molecular formula is C30H43N9O10S2. The third-order valence-corrected chi connectivity index (χ3v) is 10.4. The second-order valence-electron chi connectivity index (χ2n) is 11.9. The number of phenols is 1. The summed E-state index contributed by atoms with van der Waals surface area (Å²) >= 11 is 0. The number of benzene rings is 1. The number of guanidine groups is 1. The fourth-order valence-electron chi connectivity index (χ4n) is 5.31. The van der Waals surface area contributed by atoms with Crippen LogP contribution in [-0.4, -0.2) is 128 Å². The molecule has 0 saturated carbocycles. The molecule has 13 N–H and O–H groups in total. The zero-order valence-corrected chi connectivity index (χ0v) is 29.1. The molecule has 6 atom stereocenters. The van der Waals surface area contributed by atoms with E-state index < -0.39 is 84.1 Å². The van der Waals surface area contributed by atoms with Gasteiger partial charge in [0.25, 0.3) is 0 Å². The van der Waals surface area contributed by atoms with Crippen LogP contribution in [0.5, 0.6) is 5.75 Å². The molecule has 0 aromatic heterocycles. The van der Waals surface area contributed by atoms with Crippen LogP contribution in [0.1, 0.15) is 37.7 Å².